The number of aryl methyl sites for hydroxylation is 1. The molecule has 0 atom stereocenters. The van der Waals surface area contributed by atoms with Crippen LogP contribution in [0.15, 0.2) is 45.8 Å². The number of carbonyl (C=O) groups excluding carboxylic acids is 1. The fourth-order valence-corrected chi connectivity index (χ4v) is 3.92. The molecule has 4 rings (SSSR count). The highest BCUT2D eigenvalue weighted by atomic mass is 35.5. The molecule has 4 aromatic rings. The number of halogens is 2. The molecule has 28 heavy (non-hydrogen) atoms. The maximum atomic E-state index is 12.8. The lowest BCUT2D eigenvalue weighted by molar-refractivity contribution is -0.117. The second-order valence-electron chi connectivity index (χ2n) is 5.85. The summed E-state index contributed by atoms with van der Waals surface area (Å²) in [5, 5.41) is 8.23. The molecule has 1 N–H and O–H groups in total. The molecule has 3 aromatic heterocycles. The average Bonchev–Trinajstić information content (AvgIpc) is 3.31. The Balaban J connectivity index is 1.72. The van der Waals surface area contributed by atoms with E-state index in [0.717, 1.165) is 9.69 Å². The molecule has 0 radical (unpaired) electrons. The van der Waals surface area contributed by atoms with Gasteiger partial charge in [-0.2, -0.15) is 5.10 Å². The molecule has 10 heteroatoms. The largest absolute Gasteiger partial charge is 0.463 e. The number of benzene rings is 1. The summed E-state index contributed by atoms with van der Waals surface area (Å²) in [4.78, 5) is 29.5. The van der Waals surface area contributed by atoms with E-state index in [9.17, 15) is 9.59 Å². The van der Waals surface area contributed by atoms with Crippen LogP contribution in [0.2, 0.25) is 10.0 Å². The van der Waals surface area contributed by atoms with E-state index in [1.165, 1.54) is 17.6 Å². The maximum absolute atomic E-state index is 12.8. The first kappa shape index (κ1) is 18.7. The number of nitrogens with zero attached hydrogens (tertiary/aromatic N) is 3. The fraction of sp³-hybridized carbons (Fsp3) is 0.111. The van der Waals surface area contributed by atoms with E-state index in [0.29, 0.717) is 26.9 Å². The minimum Gasteiger partial charge on any atom is -0.463 e. The molecule has 0 bridgehead atoms. The lowest BCUT2D eigenvalue weighted by Gasteiger charge is -2.10. The highest BCUT2D eigenvalue weighted by Crippen LogP contribution is 2.30. The van der Waals surface area contributed by atoms with E-state index in [1.54, 1.807) is 37.3 Å². The Morgan fingerprint density at radius 3 is 2.86 bits per heavy atom. The van der Waals surface area contributed by atoms with E-state index in [-0.39, 0.29) is 17.1 Å². The molecular weight excluding hydrogens is 423 g/mol. The molecule has 0 aliphatic rings. The van der Waals surface area contributed by atoms with Gasteiger partial charge in [0.15, 0.2) is 11.3 Å². The van der Waals surface area contributed by atoms with Crippen LogP contribution in [-0.4, -0.2) is 20.7 Å². The number of carbonyl (C=O) groups is 1. The molecular formula is C18H12Cl2N4O3S. The predicted molar refractivity (Wildman–Crippen MR) is 109 cm³/mol. The number of fused-ring (bicyclic) bond motifs is 1. The molecule has 142 valence electrons. The van der Waals surface area contributed by atoms with Gasteiger partial charge in [0.25, 0.3) is 5.56 Å². The lowest BCUT2D eigenvalue weighted by Crippen LogP contribution is -2.30. The Bertz CT molecular complexity index is 1250. The second kappa shape index (κ2) is 7.38. The normalized spacial score (nSPS) is 11.1. The Kier molecular flexibility index (Phi) is 4.92. The molecule has 0 aliphatic carbocycles. The third kappa shape index (κ3) is 3.42. The number of nitrogens with one attached hydrogen (secondary N) is 1. The number of rotatable bonds is 4. The van der Waals surface area contributed by atoms with Crippen molar-refractivity contribution >= 4 is 56.3 Å². The summed E-state index contributed by atoms with van der Waals surface area (Å²) in [5.74, 6) is 0.0103. The molecule has 0 spiro atoms. The van der Waals surface area contributed by atoms with Crippen LogP contribution in [0, 0.1) is 6.92 Å². The number of amides is 1. The zero-order valence-corrected chi connectivity index (χ0v) is 16.7. The van der Waals surface area contributed by atoms with Gasteiger partial charge in [-0.1, -0.05) is 29.3 Å². The van der Waals surface area contributed by atoms with Crippen molar-refractivity contribution in [3.63, 3.8) is 0 Å². The van der Waals surface area contributed by atoms with Gasteiger partial charge in [0.2, 0.25) is 5.91 Å². The van der Waals surface area contributed by atoms with Crippen molar-refractivity contribution < 1.29 is 9.21 Å². The first-order chi connectivity index (χ1) is 13.4. The molecule has 7 nitrogen and oxygen atoms in total. The van der Waals surface area contributed by atoms with Gasteiger partial charge in [-0.25, -0.2) is 9.67 Å². The van der Waals surface area contributed by atoms with Crippen molar-refractivity contribution in [2.75, 3.05) is 5.32 Å². The number of thiazole rings is 1. The molecule has 0 saturated heterocycles. The summed E-state index contributed by atoms with van der Waals surface area (Å²) in [6, 6.07) is 8.34. The van der Waals surface area contributed by atoms with Gasteiger partial charge < -0.3 is 9.73 Å². The van der Waals surface area contributed by atoms with Crippen LogP contribution in [0.25, 0.3) is 21.7 Å². The second-order valence-corrected chi connectivity index (χ2v) is 7.84. The Labute approximate surface area is 172 Å². The van der Waals surface area contributed by atoms with E-state index in [1.807, 2.05) is 0 Å². The summed E-state index contributed by atoms with van der Waals surface area (Å²) >= 11 is 13.4. The maximum Gasteiger partial charge on any atom is 0.294 e. The van der Waals surface area contributed by atoms with Gasteiger partial charge in [0, 0.05) is 0 Å². The third-order valence-corrected chi connectivity index (χ3v) is 5.68. The van der Waals surface area contributed by atoms with E-state index < -0.39 is 11.5 Å². The Hall–Kier alpha value is -2.68. The summed E-state index contributed by atoms with van der Waals surface area (Å²) in [6.45, 7) is 1.48. The van der Waals surface area contributed by atoms with Gasteiger partial charge >= 0.3 is 0 Å². The Morgan fingerprint density at radius 1 is 1.29 bits per heavy atom. The van der Waals surface area contributed by atoms with Crippen molar-refractivity contribution in [2.45, 2.75) is 13.5 Å². The van der Waals surface area contributed by atoms with Crippen LogP contribution in [0.4, 0.5) is 5.69 Å². The molecule has 0 aliphatic heterocycles. The molecule has 3 heterocycles. The molecule has 1 amide bonds. The summed E-state index contributed by atoms with van der Waals surface area (Å²) in [7, 11) is 0. The van der Waals surface area contributed by atoms with Gasteiger partial charge in [0.1, 0.15) is 12.2 Å². The predicted octanol–water partition coefficient (Wildman–Crippen LogP) is 4.37. The van der Waals surface area contributed by atoms with Crippen LogP contribution in [0.1, 0.15) is 5.01 Å². The average molecular weight is 435 g/mol. The molecule has 0 unspecified atom stereocenters. The van der Waals surface area contributed by atoms with Crippen molar-refractivity contribution in [3.8, 4) is 11.5 Å². The highest BCUT2D eigenvalue weighted by molar-refractivity contribution is 7.19. The highest BCUT2D eigenvalue weighted by Gasteiger charge is 2.19. The van der Waals surface area contributed by atoms with E-state index in [2.05, 4.69) is 15.4 Å². The zero-order valence-electron chi connectivity index (χ0n) is 14.4. The topological polar surface area (TPSA) is 90.0 Å². The summed E-state index contributed by atoms with van der Waals surface area (Å²) in [6.07, 6.45) is 1.51. The Morgan fingerprint density at radius 2 is 2.11 bits per heavy atom. The summed E-state index contributed by atoms with van der Waals surface area (Å²) in [5.41, 5.74) is 0.599. The number of furan rings is 1. The molecule has 1 aromatic carbocycles. The standard InChI is InChI=1S/C18H12Cl2N4O3S/c1-9-21-16-17(28-9)15(12-6-3-7-27-12)23-24(18(16)26)8-13(25)22-11-5-2-4-10(19)14(11)20/h2-7H,8H2,1H3,(H,22,25). The van der Waals surface area contributed by atoms with Crippen molar-refractivity contribution in [3.05, 3.63) is 62.0 Å². The van der Waals surface area contributed by atoms with Crippen LogP contribution < -0.4 is 10.9 Å². The monoisotopic (exact) mass is 434 g/mol. The minimum absolute atomic E-state index is 0.222. The van der Waals surface area contributed by atoms with Crippen LogP contribution in [-0.2, 0) is 11.3 Å². The van der Waals surface area contributed by atoms with Crippen LogP contribution in [0.3, 0.4) is 0 Å². The van der Waals surface area contributed by atoms with Gasteiger partial charge in [-0.05, 0) is 31.2 Å². The van der Waals surface area contributed by atoms with Crippen LogP contribution in [0.5, 0.6) is 0 Å². The van der Waals surface area contributed by atoms with Crippen molar-refractivity contribution in [1.29, 1.82) is 0 Å². The smallest absolute Gasteiger partial charge is 0.294 e. The van der Waals surface area contributed by atoms with Crippen LogP contribution >= 0.6 is 34.5 Å². The SMILES string of the molecule is Cc1nc2c(=O)n(CC(=O)Nc3cccc(Cl)c3Cl)nc(-c3ccco3)c2s1. The lowest BCUT2D eigenvalue weighted by atomic mass is 10.3. The van der Waals surface area contributed by atoms with Crippen molar-refractivity contribution in [2.24, 2.45) is 0 Å². The number of anilines is 1. The number of aromatic nitrogens is 3. The first-order valence-electron chi connectivity index (χ1n) is 8.10. The quantitative estimate of drug-likeness (QED) is 0.514. The third-order valence-electron chi connectivity index (χ3n) is 3.88. The minimum atomic E-state index is -0.476. The number of hydrogen-bond acceptors (Lipinski definition) is 6. The van der Waals surface area contributed by atoms with E-state index >= 15 is 0 Å². The zero-order chi connectivity index (χ0) is 19.8. The van der Waals surface area contributed by atoms with Crippen molar-refractivity contribution in [1.82, 2.24) is 14.8 Å². The summed E-state index contributed by atoms with van der Waals surface area (Å²) < 4.78 is 7.11. The number of hydrogen-bond donors (Lipinski definition) is 1. The van der Waals surface area contributed by atoms with Gasteiger partial charge in [-0.3, -0.25) is 9.59 Å². The fourth-order valence-electron chi connectivity index (χ4n) is 2.67. The molecule has 0 fully saturated rings. The molecule has 0 saturated carbocycles. The first-order valence-corrected chi connectivity index (χ1v) is 9.67. The van der Waals surface area contributed by atoms with E-state index in [4.69, 9.17) is 27.6 Å². The van der Waals surface area contributed by atoms with Gasteiger partial charge in [0.05, 0.1) is 31.7 Å². The van der Waals surface area contributed by atoms with Gasteiger partial charge in [-0.15, -0.1) is 11.3 Å².